The van der Waals surface area contributed by atoms with Crippen molar-refractivity contribution in [1.29, 1.82) is 0 Å². The maximum atomic E-state index is 13.2. The molecule has 282 valence electrons. The normalized spacial score (nSPS) is 22.5. The number of ether oxygens (including phenoxy) is 3. The third-order valence-corrected chi connectivity index (χ3v) is 9.13. The fourth-order valence-electron chi connectivity index (χ4n) is 6.02. The van der Waals surface area contributed by atoms with Crippen molar-refractivity contribution in [2.45, 2.75) is 146 Å². The van der Waals surface area contributed by atoms with E-state index in [2.05, 4.69) is 12.2 Å². The Kier molecular flexibility index (Phi) is 19.2. The number of halogens is 1. The second-order valence-corrected chi connectivity index (χ2v) is 13.3. The first-order valence-electron chi connectivity index (χ1n) is 18.2. The summed E-state index contributed by atoms with van der Waals surface area (Å²) < 4.78 is 29.9. The highest BCUT2D eigenvalue weighted by Gasteiger charge is 2.44. The molecular formula is C38H58FNO10. The molecule has 50 heavy (non-hydrogen) atoms. The molecule has 1 aliphatic rings. The smallest absolute Gasteiger partial charge is 0.224 e. The van der Waals surface area contributed by atoms with Crippen LogP contribution in [0.2, 0.25) is 0 Å². The molecule has 2 unspecified atom stereocenters. The zero-order valence-corrected chi connectivity index (χ0v) is 29.2. The van der Waals surface area contributed by atoms with Gasteiger partial charge in [-0.25, -0.2) is 4.39 Å². The lowest BCUT2D eigenvalue weighted by Crippen LogP contribution is -2.60. The number of carbonyl (C=O) groups excluding carboxylic acids is 1. The molecule has 3 rings (SSSR count). The lowest BCUT2D eigenvalue weighted by Gasteiger charge is -2.40. The molecule has 11 nitrogen and oxygen atoms in total. The first kappa shape index (κ1) is 41.7. The van der Waals surface area contributed by atoms with E-state index < -0.39 is 68.1 Å². The number of carbonyl (C=O) groups is 1. The molecule has 1 aliphatic heterocycles. The Bertz CT molecular complexity index is 1200. The first-order valence-corrected chi connectivity index (χ1v) is 18.2. The second-order valence-electron chi connectivity index (χ2n) is 13.3. The average Bonchev–Trinajstić information content (AvgIpc) is 3.11. The molecule has 0 saturated carbocycles. The number of nitrogens with one attached hydrogen (secondary N) is 1. The van der Waals surface area contributed by atoms with Crippen LogP contribution >= 0.6 is 0 Å². The van der Waals surface area contributed by atoms with Gasteiger partial charge in [0.05, 0.1) is 31.8 Å². The minimum atomic E-state index is -1.66. The zero-order valence-electron chi connectivity index (χ0n) is 29.2. The van der Waals surface area contributed by atoms with Gasteiger partial charge < -0.3 is 50.2 Å². The topological polar surface area (TPSA) is 178 Å². The summed E-state index contributed by atoms with van der Waals surface area (Å²) in [6.07, 6.45) is 4.00. The predicted octanol–water partition coefficient (Wildman–Crippen LogP) is 4.27. The highest BCUT2D eigenvalue weighted by Crippen LogP contribution is 2.24. The molecular weight excluding hydrogens is 649 g/mol. The molecule has 7 N–H and O–H groups in total. The van der Waals surface area contributed by atoms with E-state index >= 15 is 0 Å². The fraction of sp³-hybridized carbons (Fsp3) is 0.658. The number of hydrogen-bond donors (Lipinski definition) is 7. The van der Waals surface area contributed by atoms with E-state index in [9.17, 15) is 39.8 Å². The van der Waals surface area contributed by atoms with Crippen molar-refractivity contribution in [3.63, 3.8) is 0 Å². The monoisotopic (exact) mass is 707 g/mol. The minimum Gasteiger partial charge on any atom is -0.457 e. The molecule has 2 aromatic carbocycles. The number of rotatable bonds is 24. The van der Waals surface area contributed by atoms with Crippen molar-refractivity contribution < 1.29 is 54.0 Å². The van der Waals surface area contributed by atoms with Crippen LogP contribution < -0.4 is 10.1 Å². The fourth-order valence-corrected chi connectivity index (χ4v) is 6.02. The SMILES string of the molecule is CCCCCCCCCCCCCC[C@@H](O)[C@@H](O)[C@H](CO[C@H]1OC(CO)[C@H](O)C(O)[C@@H]1O)NC(=O)Cc1ccc(Oc2ccc(F)cc2)cc1. The van der Waals surface area contributed by atoms with E-state index in [1.807, 2.05) is 0 Å². The van der Waals surface area contributed by atoms with E-state index in [0.29, 0.717) is 29.9 Å². The van der Waals surface area contributed by atoms with Gasteiger partial charge in [0.15, 0.2) is 6.29 Å². The molecule has 1 amide bonds. The van der Waals surface area contributed by atoms with Gasteiger partial charge in [0.25, 0.3) is 0 Å². The third-order valence-electron chi connectivity index (χ3n) is 9.13. The Morgan fingerprint density at radius 1 is 0.800 bits per heavy atom. The summed E-state index contributed by atoms with van der Waals surface area (Å²) in [5, 5.41) is 64.9. The lowest BCUT2D eigenvalue weighted by atomic mass is 9.98. The van der Waals surface area contributed by atoms with Crippen LogP contribution in [0.3, 0.4) is 0 Å². The number of aliphatic hydroxyl groups excluding tert-OH is 6. The molecule has 1 heterocycles. The summed E-state index contributed by atoms with van der Waals surface area (Å²) in [6, 6.07) is 11.2. The summed E-state index contributed by atoms with van der Waals surface area (Å²) in [5.41, 5.74) is 0.633. The van der Waals surface area contributed by atoms with Crippen molar-refractivity contribution in [3.8, 4) is 11.5 Å². The van der Waals surface area contributed by atoms with Crippen molar-refractivity contribution in [1.82, 2.24) is 5.32 Å². The molecule has 12 heteroatoms. The average molecular weight is 708 g/mol. The Balaban J connectivity index is 1.51. The van der Waals surface area contributed by atoms with Gasteiger partial charge in [0.1, 0.15) is 47.8 Å². The molecule has 1 saturated heterocycles. The number of amides is 1. The maximum Gasteiger partial charge on any atom is 0.224 e. The Hall–Kier alpha value is -2.68. The van der Waals surface area contributed by atoms with Gasteiger partial charge in [-0.2, -0.15) is 0 Å². The van der Waals surface area contributed by atoms with Gasteiger partial charge in [-0.1, -0.05) is 96.1 Å². The molecule has 8 atom stereocenters. The van der Waals surface area contributed by atoms with Crippen molar-refractivity contribution in [2.24, 2.45) is 0 Å². The molecule has 0 aliphatic carbocycles. The van der Waals surface area contributed by atoms with E-state index in [1.165, 1.54) is 75.6 Å². The minimum absolute atomic E-state index is 0.0745. The van der Waals surface area contributed by atoms with Gasteiger partial charge in [0.2, 0.25) is 5.91 Å². The van der Waals surface area contributed by atoms with Crippen LogP contribution in [0.15, 0.2) is 48.5 Å². The molecule has 0 radical (unpaired) electrons. The highest BCUT2D eigenvalue weighted by molar-refractivity contribution is 5.79. The maximum absolute atomic E-state index is 13.2. The summed E-state index contributed by atoms with van der Waals surface area (Å²) in [6.45, 7) is 1.17. The standard InChI is InChI=1S/C38H58FNO10/c1-2-3-4-5-6-7-8-9-10-11-12-13-14-31(42)34(44)30(25-48-38-37(47)36(46)35(45)32(24-41)50-38)40-33(43)23-26-15-19-28(20-16-26)49-29-21-17-27(39)18-22-29/h15-22,30-32,34-38,41-42,44-47H,2-14,23-25H2,1H3,(H,40,43)/t30-,31+,32?,34-,35-,36?,37-,38-/m0/s1. The van der Waals surface area contributed by atoms with Gasteiger partial charge in [0, 0.05) is 0 Å². The Morgan fingerprint density at radius 2 is 1.34 bits per heavy atom. The van der Waals surface area contributed by atoms with Gasteiger partial charge in [-0.3, -0.25) is 4.79 Å². The molecule has 2 aromatic rings. The first-order chi connectivity index (χ1) is 24.1. The van der Waals surface area contributed by atoms with Crippen molar-refractivity contribution >= 4 is 5.91 Å². The summed E-state index contributed by atoms with van der Waals surface area (Å²) >= 11 is 0. The molecule has 0 spiro atoms. The van der Waals surface area contributed by atoms with Crippen LogP contribution in [0.1, 0.15) is 96.0 Å². The van der Waals surface area contributed by atoms with Gasteiger partial charge >= 0.3 is 0 Å². The van der Waals surface area contributed by atoms with Crippen molar-refractivity contribution in [3.05, 3.63) is 59.9 Å². The van der Waals surface area contributed by atoms with Crippen LogP contribution in [0.25, 0.3) is 0 Å². The van der Waals surface area contributed by atoms with Crippen LogP contribution in [-0.2, 0) is 20.7 Å². The largest absolute Gasteiger partial charge is 0.457 e. The van der Waals surface area contributed by atoms with E-state index in [-0.39, 0.29) is 12.2 Å². The van der Waals surface area contributed by atoms with E-state index in [4.69, 9.17) is 14.2 Å². The van der Waals surface area contributed by atoms with Crippen LogP contribution in [0.5, 0.6) is 11.5 Å². The number of unbranched alkanes of at least 4 members (excludes halogenated alkanes) is 11. The van der Waals surface area contributed by atoms with Crippen LogP contribution in [-0.4, -0.2) is 98.7 Å². The van der Waals surface area contributed by atoms with Crippen molar-refractivity contribution in [2.75, 3.05) is 13.2 Å². The second kappa shape index (κ2) is 23.0. The van der Waals surface area contributed by atoms with Gasteiger partial charge in [-0.05, 0) is 48.4 Å². The zero-order chi connectivity index (χ0) is 36.3. The Morgan fingerprint density at radius 3 is 1.90 bits per heavy atom. The highest BCUT2D eigenvalue weighted by atomic mass is 19.1. The summed E-state index contributed by atoms with van der Waals surface area (Å²) in [7, 11) is 0. The van der Waals surface area contributed by atoms with Crippen LogP contribution in [0.4, 0.5) is 4.39 Å². The Labute approximate surface area is 295 Å². The van der Waals surface area contributed by atoms with Gasteiger partial charge in [-0.15, -0.1) is 0 Å². The lowest BCUT2D eigenvalue weighted by molar-refractivity contribution is -0.303. The number of hydrogen-bond acceptors (Lipinski definition) is 10. The summed E-state index contributed by atoms with van der Waals surface area (Å²) in [4.78, 5) is 13.1. The van der Waals surface area contributed by atoms with E-state index in [1.54, 1.807) is 24.3 Å². The summed E-state index contributed by atoms with van der Waals surface area (Å²) in [5.74, 6) is 0.0897. The number of aliphatic hydroxyl groups is 6. The molecule has 1 fully saturated rings. The number of benzene rings is 2. The quantitative estimate of drug-likeness (QED) is 0.0780. The van der Waals surface area contributed by atoms with Crippen LogP contribution in [0, 0.1) is 5.82 Å². The molecule has 0 aromatic heterocycles. The third kappa shape index (κ3) is 14.5. The van der Waals surface area contributed by atoms with E-state index in [0.717, 1.165) is 19.3 Å². The predicted molar refractivity (Wildman–Crippen MR) is 186 cm³/mol. The molecule has 0 bridgehead atoms.